The number of ether oxygens (including phenoxy) is 2. The number of carbonyl (C=O) groups excluding carboxylic acids is 1. The normalized spacial score (nSPS) is 12.8. The lowest BCUT2D eigenvalue weighted by atomic mass is 9.80. The Kier molecular flexibility index (Phi) is 7.72. The van der Waals surface area contributed by atoms with Crippen LogP contribution in [0.1, 0.15) is 31.9 Å². The fraction of sp³-hybridized carbons (Fsp3) is 0.562. The third kappa shape index (κ3) is 5.87. The van der Waals surface area contributed by atoms with E-state index in [1.54, 1.807) is 18.2 Å². The summed E-state index contributed by atoms with van der Waals surface area (Å²) >= 11 is 3.84. The zero-order valence-corrected chi connectivity index (χ0v) is 13.9. The molecule has 5 nitrogen and oxygen atoms in total. The summed E-state index contributed by atoms with van der Waals surface area (Å²) < 4.78 is 10.4. The predicted molar refractivity (Wildman–Crippen MR) is 87.2 cm³/mol. The van der Waals surface area contributed by atoms with Gasteiger partial charge in [-0.3, -0.25) is 4.79 Å². The molecular weight excluding hydrogens is 304 g/mol. The Balaban J connectivity index is 2.67. The van der Waals surface area contributed by atoms with Gasteiger partial charge in [-0.25, -0.2) is 0 Å². The van der Waals surface area contributed by atoms with Crippen molar-refractivity contribution < 1.29 is 24.5 Å². The summed E-state index contributed by atoms with van der Waals surface area (Å²) in [7, 11) is 0. The number of benzene rings is 1. The van der Waals surface area contributed by atoms with E-state index in [0.29, 0.717) is 12.2 Å². The lowest BCUT2D eigenvalue weighted by Crippen LogP contribution is -2.25. The summed E-state index contributed by atoms with van der Waals surface area (Å²) in [6.45, 7) is 4.21. The van der Waals surface area contributed by atoms with Crippen molar-refractivity contribution in [3.8, 4) is 5.75 Å². The van der Waals surface area contributed by atoms with Crippen molar-refractivity contribution in [3.05, 3.63) is 29.8 Å². The zero-order chi connectivity index (χ0) is 16.6. The highest BCUT2D eigenvalue weighted by atomic mass is 32.1. The van der Waals surface area contributed by atoms with Crippen molar-refractivity contribution in [1.29, 1.82) is 0 Å². The molecule has 1 aromatic rings. The van der Waals surface area contributed by atoms with Crippen molar-refractivity contribution >= 4 is 18.6 Å². The van der Waals surface area contributed by atoms with Gasteiger partial charge in [-0.15, -0.1) is 0 Å². The van der Waals surface area contributed by atoms with Gasteiger partial charge < -0.3 is 19.7 Å². The number of aliphatic hydroxyl groups excluding tert-OH is 2. The molecule has 0 saturated heterocycles. The Labute approximate surface area is 136 Å². The number of rotatable bonds is 9. The van der Waals surface area contributed by atoms with Crippen molar-refractivity contribution in [2.24, 2.45) is 5.41 Å². The fourth-order valence-corrected chi connectivity index (χ4v) is 2.09. The first-order chi connectivity index (χ1) is 10.4. The van der Waals surface area contributed by atoms with Gasteiger partial charge in [0.2, 0.25) is 0 Å². The highest BCUT2D eigenvalue weighted by molar-refractivity contribution is 7.81. The SMILES string of the molecule is CC(C)(CCOC(=O)CS)[C@@H](O)c1cccc(OCCO)c1. The van der Waals surface area contributed by atoms with Crippen LogP contribution in [0, 0.1) is 5.41 Å². The monoisotopic (exact) mass is 328 g/mol. The van der Waals surface area contributed by atoms with Crippen molar-refractivity contribution in [2.45, 2.75) is 26.4 Å². The van der Waals surface area contributed by atoms with Crippen LogP contribution in [-0.2, 0) is 9.53 Å². The van der Waals surface area contributed by atoms with Gasteiger partial charge in [0.05, 0.1) is 25.1 Å². The molecule has 6 heteroatoms. The van der Waals surface area contributed by atoms with Gasteiger partial charge in [-0.2, -0.15) is 12.6 Å². The maximum absolute atomic E-state index is 11.1. The van der Waals surface area contributed by atoms with Gasteiger partial charge in [-0.1, -0.05) is 26.0 Å². The summed E-state index contributed by atoms with van der Waals surface area (Å²) in [6.07, 6.45) is -0.199. The van der Waals surface area contributed by atoms with E-state index in [1.165, 1.54) is 0 Å². The second-order valence-corrected chi connectivity index (χ2v) is 5.98. The largest absolute Gasteiger partial charge is 0.491 e. The summed E-state index contributed by atoms with van der Waals surface area (Å²) in [4.78, 5) is 11.1. The van der Waals surface area contributed by atoms with E-state index in [0.717, 1.165) is 5.56 Å². The van der Waals surface area contributed by atoms with Crippen molar-refractivity contribution in [3.63, 3.8) is 0 Å². The van der Waals surface area contributed by atoms with Crippen LogP contribution in [0.3, 0.4) is 0 Å². The van der Waals surface area contributed by atoms with Gasteiger partial charge in [0.1, 0.15) is 12.4 Å². The van der Waals surface area contributed by atoms with E-state index in [1.807, 2.05) is 19.9 Å². The number of thiol groups is 1. The average molecular weight is 328 g/mol. The van der Waals surface area contributed by atoms with Gasteiger partial charge in [-0.05, 0) is 29.5 Å². The highest BCUT2D eigenvalue weighted by Crippen LogP contribution is 2.37. The van der Waals surface area contributed by atoms with Crippen LogP contribution in [0.15, 0.2) is 24.3 Å². The molecule has 0 saturated carbocycles. The minimum Gasteiger partial charge on any atom is -0.491 e. The van der Waals surface area contributed by atoms with E-state index in [4.69, 9.17) is 14.6 Å². The van der Waals surface area contributed by atoms with E-state index >= 15 is 0 Å². The smallest absolute Gasteiger partial charge is 0.315 e. The minimum absolute atomic E-state index is 0.0488. The molecule has 124 valence electrons. The first kappa shape index (κ1) is 18.8. The van der Waals surface area contributed by atoms with Gasteiger partial charge >= 0.3 is 5.97 Å². The molecule has 0 fully saturated rings. The molecule has 0 aliphatic carbocycles. The van der Waals surface area contributed by atoms with Gasteiger partial charge in [0, 0.05) is 0 Å². The van der Waals surface area contributed by atoms with Gasteiger partial charge in [0.15, 0.2) is 0 Å². The molecule has 0 bridgehead atoms. The lowest BCUT2D eigenvalue weighted by Gasteiger charge is -2.30. The Morgan fingerprint density at radius 1 is 1.36 bits per heavy atom. The molecule has 22 heavy (non-hydrogen) atoms. The summed E-state index contributed by atoms with van der Waals surface area (Å²) in [5.74, 6) is 0.281. The van der Waals surface area contributed by atoms with Crippen LogP contribution in [0.4, 0.5) is 0 Å². The van der Waals surface area contributed by atoms with E-state index in [2.05, 4.69) is 12.6 Å². The number of aliphatic hydroxyl groups is 2. The molecule has 0 aliphatic heterocycles. The minimum atomic E-state index is -0.722. The molecule has 0 radical (unpaired) electrons. The van der Waals surface area contributed by atoms with Crippen LogP contribution in [0.5, 0.6) is 5.75 Å². The zero-order valence-electron chi connectivity index (χ0n) is 13.0. The topological polar surface area (TPSA) is 76.0 Å². The van der Waals surface area contributed by atoms with E-state index < -0.39 is 11.5 Å². The third-order valence-corrected chi connectivity index (χ3v) is 3.67. The molecule has 0 spiro atoms. The second-order valence-electron chi connectivity index (χ2n) is 5.66. The summed E-state index contributed by atoms with van der Waals surface area (Å²) in [6, 6.07) is 7.13. The molecule has 0 unspecified atom stereocenters. The molecule has 1 rings (SSSR count). The summed E-state index contributed by atoms with van der Waals surface area (Å²) in [5.41, 5.74) is 0.257. The Morgan fingerprint density at radius 2 is 2.09 bits per heavy atom. The van der Waals surface area contributed by atoms with Crippen LogP contribution in [-0.4, -0.2) is 41.8 Å². The van der Waals surface area contributed by atoms with E-state index in [-0.39, 0.29) is 31.5 Å². The molecule has 1 aromatic carbocycles. The maximum Gasteiger partial charge on any atom is 0.315 e. The second kappa shape index (κ2) is 9.02. The first-order valence-electron chi connectivity index (χ1n) is 7.19. The van der Waals surface area contributed by atoms with Crippen LogP contribution in [0.25, 0.3) is 0 Å². The average Bonchev–Trinajstić information content (AvgIpc) is 2.52. The molecule has 0 heterocycles. The molecule has 0 amide bonds. The number of carbonyl (C=O) groups is 1. The van der Waals surface area contributed by atoms with Crippen molar-refractivity contribution in [2.75, 3.05) is 25.6 Å². The quantitative estimate of drug-likeness (QED) is 0.477. The standard InChI is InChI=1S/C16H24O5S/c1-16(2,6-8-21-14(18)11-22)15(19)12-4-3-5-13(10-12)20-9-7-17/h3-5,10,15,17,19,22H,6-9,11H2,1-2H3/t15-/m0/s1. The maximum atomic E-state index is 11.1. The highest BCUT2D eigenvalue weighted by Gasteiger charge is 2.29. The number of esters is 1. The molecule has 2 N–H and O–H groups in total. The number of hydrogen-bond acceptors (Lipinski definition) is 6. The van der Waals surface area contributed by atoms with Crippen LogP contribution >= 0.6 is 12.6 Å². The summed E-state index contributed by atoms with van der Waals surface area (Å²) in [5, 5.41) is 19.3. The first-order valence-corrected chi connectivity index (χ1v) is 7.82. The number of hydrogen-bond donors (Lipinski definition) is 3. The predicted octanol–water partition coefficient (Wildman–Crippen LogP) is 1.98. The Hall–Kier alpha value is -1.24. The Bertz CT molecular complexity index is 475. The van der Waals surface area contributed by atoms with E-state index in [9.17, 15) is 9.90 Å². The fourth-order valence-electron chi connectivity index (χ4n) is 2.00. The Morgan fingerprint density at radius 3 is 2.73 bits per heavy atom. The van der Waals surface area contributed by atoms with Crippen LogP contribution < -0.4 is 4.74 Å². The third-order valence-electron chi connectivity index (χ3n) is 3.41. The lowest BCUT2D eigenvalue weighted by molar-refractivity contribution is -0.141. The van der Waals surface area contributed by atoms with Gasteiger partial charge in [0.25, 0.3) is 0 Å². The molecule has 0 aliphatic rings. The molecule has 0 aromatic heterocycles. The van der Waals surface area contributed by atoms with Crippen LogP contribution in [0.2, 0.25) is 0 Å². The molecular formula is C16H24O5S. The molecule has 1 atom stereocenters. The van der Waals surface area contributed by atoms with Crippen molar-refractivity contribution in [1.82, 2.24) is 0 Å².